The number of esters is 1. The average molecular weight is 399 g/mol. The highest BCUT2D eigenvalue weighted by atomic mass is 35.5. The van der Waals surface area contributed by atoms with E-state index in [0.717, 1.165) is 16.6 Å². The number of aromatic nitrogens is 5. The lowest BCUT2D eigenvalue weighted by atomic mass is 10.1. The summed E-state index contributed by atoms with van der Waals surface area (Å²) in [7, 11) is 1.32. The number of hydrogen-bond acceptors (Lipinski definition) is 6. The summed E-state index contributed by atoms with van der Waals surface area (Å²) < 4.78 is 6.61. The molecule has 0 aliphatic heterocycles. The maximum atomic E-state index is 11.9. The average Bonchev–Trinajstić information content (AvgIpc) is 3.21. The van der Waals surface area contributed by atoms with Gasteiger partial charge < -0.3 is 15.5 Å². The molecule has 0 spiro atoms. The van der Waals surface area contributed by atoms with Crippen molar-refractivity contribution in [3.05, 3.63) is 35.1 Å². The third-order valence-electron chi connectivity index (χ3n) is 4.50. The first-order valence-corrected chi connectivity index (χ1v) is 8.99. The summed E-state index contributed by atoms with van der Waals surface area (Å²) in [5.41, 5.74) is 8.88. The predicted molar refractivity (Wildman–Crippen MR) is 108 cm³/mol. The van der Waals surface area contributed by atoms with Gasteiger partial charge in [-0.15, -0.1) is 0 Å². The number of rotatable bonds is 2. The van der Waals surface area contributed by atoms with E-state index in [-0.39, 0.29) is 11.1 Å². The van der Waals surface area contributed by atoms with Crippen molar-refractivity contribution < 1.29 is 9.53 Å². The number of methoxy groups -OCH3 is 1. The Morgan fingerprint density at radius 2 is 2.00 bits per heavy atom. The van der Waals surface area contributed by atoms with Crippen LogP contribution in [0.2, 0.25) is 5.02 Å². The van der Waals surface area contributed by atoms with Crippen LogP contribution < -0.4 is 5.73 Å². The molecule has 4 rings (SSSR count). The Bertz CT molecular complexity index is 1230. The standard InChI is InChI=1S/C19H19ClN6O2/c1-19(2,3)26-17-14(16(21)22-8-23-17)15(25-26)13-6-9-5-11(20)10(18(27)28-4)7-12(9)24-13/h5-8,24H,1-4H3,(H2,21,22,23). The number of benzene rings is 1. The Hall–Kier alpha value is -3.13. The summed E-state index contributed by atoms with van der Waals surface area (Å²) in [6.07, 6.45) is 1.43. The van der Waals surface area contributed by atoms with Crippen molar-refractivity contribution in [2.45, 2.75) is 26.3 Å². The van der Waals surface area contributed by atoms with Gasteiger partial charge in [-0.25, -0.2) is 19.4 Å². The van der Waals surface area contributed by atoms with Gasteiger partial charge in [-0.05, 0) is 39.0 Å². The lowest BCUT2D eigenvalue weighted by molar-refractivity contribution is 0.0601. The summed E-state index contributed by atoms with van der Waals surface area (Å²) in [5, 5.41) is 6.58. The summed E-state index contributed by atoms with van der Waals surface area (Å²) in [6, 6.07) is 5.28. The molecule has 3 N–H and O–H groups in total. The second-order valence-electron chi connectivity index (χ2n) is 7.48. The van der Waals surface area contributed by atoms with Crippen LogP contribution in [0.5, 0.6) is 0 Å². The lowest BCUT2D eigenvalue weighted by Gasteiger charge is -2.19. The Labute approximate surface area is 165 Å². The van der Waals surface area contributed by atoms with Crippen molar-refractivity contribution in [2.75, 3.05) is 12.8 Å². The number of nitrogens with zero attached hydrogens (tertiary/aromatic N) is 4. The minimum Gasteiger partial charge on any atom is -0.465 e. The number of H-pyrrole nitrogens is 1. The molecule has 0 aliphatic carbocycles. The van der Waals surface area contributed by atoms with E-state index in [2.05, 4.69) is 15.0 Å². The van der Waals surface area contributed by atoms with E-state index < -0.39 is 5.97 Å². The lowest BCUT2D eigenvalue weighted by Crippen LogP contribution is -2.23. The number of hydrogen-bond donors (Lipinski definition) is 2. The van der Waals surface area contributed by atoms with Gasteiger partial charge in [-0.3, -0.25) is 0 Å². The van der Waals surface area contributed by atoms with E-state index in [9.17, 15) is 4.79 Å². The van der Waals surface area contributed by atoms with Crippen molar-refractivity contribution in [1.82, 2.24) is 24.7 Å². The van der Waals surface area contributed by atoms with Gasteiger partial charge in [-0.2, -0.15) is 5.10 Å². The molecule has 8 nitrogen and oxygen atoms in total. The van der Waals surface area contributed by atoms with Gasteiger partial charge in [0.25, 0.3) is 0 Å². The van der Waals surface area contributed by atoms with Crippen molar-refractivity contribution in [3.63, 3.8) is 0 Å². The molecule has 28 heavy (non-hydrogen) atoms. The Morgan fingerprint density at radius 1 is 1.25 bits per heavy atom. The third kappa shape index (κ3) is 2.77. The molecule has 144 valence electrons. The first-order chi connectivity index (χ1) is 13.2. The maximum Gasteiger partial charge on any atom is 0.339 e. The Morgan fingerprint density at radius 3 is 2.68 bits per heavy atom. The van der Waals surface area contributed by atoms with E-state index in [4.69, 9.17) is 27.2 Å². The zero-order chi connectivity index (χ0) is 20.2. The molecule has 0 aliphatic rings. The van der Waals surface area contributed by atoms with Gasteiger partial charge in [0.1, 0.15) is 17.8 Å². The van der Waals surface area contributed by atoms with Crippen LogP contribution >= 0.6 is 11.6 Å². The van der Waals surface area contributed by atoms with Crippen LogP contribution in [0, 0.1) is 0 Å². The minimum atomic E-state index is -0.497. The summed E-state index contributed by atoms with van der Waals surface area (Å²) in [4.78, 5) is 23.7. The zero-order valence-electron chi connectivity index (χ0n) is 15.9. The summed E-state index contributed by atoms with van der Waals surface area (Å²) in [6.45, 7) is 6.11. The fourth-order valence-corrected chi connectivity index (χ4v) is 3.43. The molecule has 0 saturated heterocycles. The molecule has 3 heterocycles. The molecule has 0 atom stereocenters. The fraction of sp³-hybridized carbons (Fsp3) is 0.263. The van der Waals surface area contributed by atoms with E-state index in [1.54, 1.807) is 12.1 Å². The van der Waals surface area contributed by atoms with E-state index in [1.807, 2.05) is 31.5 Å². The Kier molecular flexibility index (Phi) is 4.04. The number of ether oxygens (including phenoxy) is 1. The number of fused-ring (bicyclic) bond motifs is 2. The molecule has 0 unspecified atom stereocenters. The number of nitrogen functional groups attached to an aromatic ring is 1. The molecule has 0 fully saturated rings. The van der Waals surface area contributed by atoms with Crippen LogP contribution in [0.3, 0.4) is 0 Å². The van der Waals surface area contributed by atoms with E-state index >= 15 is 0 Å². The van der Waals surface area contributed by atoms with Gasteiger partial charge >= 0.3 is 5.97 Å². The number of carbonyl (C=O) groups is 1. The SMILES string of the molecule is COC(=O)c1cc2[nH]c(-c3nn(C(C)(C)C)c4ncnc(N)c34)cc2cc1Cl. The van der Waals surface area contributed by atoms with Crippen LogP contribution in [-0.2, 0) is 10.3 Å². The van der Waals surface area contributed by atoms with Crippen LogP contribution in [0.4, 0.5) is 5.82 Å². The number of halogens is 1. The second kappa shape index (κ2) is 6.20. The highest BCUT2D eigenvalue weighted by Crippen LogP contribution is 2.35. The summed E-state index contributed by atoms with van der Waals surface area (Å²) >= 11 is 6.24. The van der Waals surface area contributed by atoms with Gasteiger partial charge in [0.2, 0.25) is 0 Å². The van der Waals surface area contributed by atoms with Crippen molar-refractivity contribution in [3.8, 4) is 11.4 Å². The second-order valence-corrected chi connectivity index (χ2v) is 7.89. The first-order valence-electron chi connectivity index (χ1n) is 8.61. The fourth-order valence-electron chi connectivity index (χ4n) is 3.18. The number of carbonyl (C=O) groups excluding carboxylic acids is 1. The molecule has 3 aromatic heterocycles. The van der Waals surface area contributed by atoms with Gasteiger partial charge in [0, 0.05) is 10.9 Å². The Balaban J connectivity index is 1.98. The number of nitrogens with one attached hydrogen (secondary N) is 1. The first kappa shape index (κ1) is 18.2. The quantitative estimate of drug-likeness (QED) is 0.497. The minimum absolute atomic E-state index is 0.290. The summed E-state index contributed by atoms with van der Waals surface area (Å²) in [5.74, 6) is -0.148. The molecule has 1 aromatic carbocycles. The van der Waals surface area contributed by atoms with Crippen molar-refractivity contribution in [2.24, 2.45) is 0 Å². The van der Waals surface area contributed by atoms with E-state index in [0.29, 0.717) is 27.6 Å². The molecular weight excluding hydrogens is 380 g/mol. The number of aromatic amines is 1. The molecular formula is C19H19ClN6O2. The van der Waals surface area contributed by atoms with Gasteiger partial charge in [0.15, 0.2) is 5.65 Å². The highest BCUT2D eigenvalue weighted by molar-refractivity contribution is 6.34. The maximum absolute atomic E-state index is 11.9. The molecule has 0 saturated carbocycles. The molecule has 9 heteroatoms. The van der Waals surface area contributed by atoms with E-state index in [1.165, 1.54) is 13.4 Å². The van der Waals surface area contributed by atoms with Crippen LogP contribution in [-0.4, -0.2) is 37.8 Å². The normalized spacial score (nSPS) is 12.0. The predicted octanol–water partition coefficient (Wildman–Crippen LogP) is 3.75. The smallest absolute Gasteiger partial charge is 0.339 e. The molecule has 0 radical (unpaired) electrons. The van der Waals surface area contributed by atoms with Crippen molar-refractivity contribution in [1.29, 1.82) is 0 Å². The number of nitrogens with two attached hydrogens (primary N) is 1. The van der Waals surface area contributed by atoms with Gasteiger partial charge in [-0.1, -0.05) is 11.6 Å². The van der Waals surface area contributed by atoms with Crippen LogP contribution in [0.15, 0.2) is 24.5 Å². The molecule has 0 amide bonds. The molecule has 0 bridgehead atoms. The van der Waals surface area contributed by atoms with Crippen LogP contribution in [0.25, 0.3) is 33.3 Å². The third-order valence-corrected chi connectivity index (χ3v) is 4.81. The van der Waals surface area contributed by atoms with Crippen molar-refractivity contribution >= 4 is 45.3 Å². The monoisotopic (exact) mass is 398 g/mol. The zero-order valence-corrected chi connectivity index (χ0v) is 16.6. The topological polar surface area (TPSA) is 112 Å². The van der Waals surface area contributed by atoms with Gasteiger partial charge in [0.05, 0.1) is 34.3 Å². The largest absolute Gasteiger partial charge is 0.465 e. The number of anilines is 1. The molecule has 4 aromatic rings. The highest BCUT2D eigenvalue weighted by Gasteiger charge is 2.25. The van der Waals surface area contributed by atoms with Crippen LogP contribution in [0.1, 0.15) is 31.1 Å².